The Labute approximate surface area is 205 Å². The summed E-state index contributed by atoms with van der Waals surface area (Å²) in [6.07, 6.45) is 2.53. The third-order valence-electron chi connectivity index (χ3n) is 5.04. The first-order chi connectivity index (χ1) is 16.8. The maximum atomic E-state index is 12.5. The van der Waals surface area contributed by atoms with Gasteiger partial charge in [0.25, 0.3) is 11.5 Å². The fourth-order valence-corrected chi connectivity index (χ4v) is 3.35. The zero-order chi connectivity index (χ0) is 25.4. The molecule has 2 heterocycles. The molecule has 2 aromatic heterocycles. The van der Waals surface area contributed by atoms with Crippen LogP contribution in [0.25, 0.3) is 11.2 Å². The van der Waals surface area contributed by atoms with Crippen molar-refractivity contribution in [3.05, 3.63) is 52.1 Å². The number of rotatable bonds is 12. The lowest BCUT2D eigenvalue weighted by atomic mass is 10.1. The van der Waals surface area contributed by atoms with Crippen LogP contribution < -0.4 is 21.9 Å². The number of aromatic amines is 1. The molecule has 0 radical (unpaired) electrons. The fraction of sp³-hybridized carbons (Fsp3) is 0.318. The van der Waals surface area contributed by atoms with E-state index in [1.165, 1.54) is 18.3 Å². The molecule has 184 valence electrons. The number of amides is 1. The van der Waals surface area contributed by atoms with Crippen molar-refractivity contribution in [2.75, 3.05) is 16.8 Å². The molecule has 3 rings (SSSR count). The monoisotopic (exact) mass is 499 g/mol. The number of thiol groups is 1. The number of aromatic nitrogens is 4. The molecule has 6 N–H and O–H groups in total. The summed E-state index contributed by atoms with van der Waals surface area (Å²) >= 11 is 4.05. The van der Waals surface area contributed by atoms with Gasteiger partial charge in [0, 0.05) is 24.1 Å². The van der Waals surface area contributed by atoms with Crippen LogP contribution in [0.15, 0.2) is 35.3 Å². The number of fused-ring (bicyclic) bond motifs is 1. The van der Waals surface area contributed by atoms with Crippen LogP contribution in [-0.2, 0) is 16.1 Å². The van der Waals surface area contributed by atoms with Crippen LogP contribution in [0.5, 0.6) is 0 Å². The number of H-pyrrole nitrogens is 1. The number of carboxylic acids is 1. The molecule has 0 spiro atoms. The molecule has 1 amide bonds. The third-order valence-corrected chi connectivity index (χ3v) is 5.35. The minimum absolute atomic E-state index is 0.0177. The molecular formula is C22H25N7O5S. The zero-order valence-corrected chi connectivity index (χ0v) is 19.5. The van der Waals surface area contributed by atoms with Crippen LogP contribution in [0, 0.1) is 0 Å². The first-order valence-electron chi connectivity index (χ1n) is 10.8. The molecule has 0 saturated carbocycles. The van der Waals surface area contributed by atoms with E-state index in [9.17, 15) is 24.3 Å². The van der Waals surface area contributed by atoms with Crippen LogP contribution >= 0.6 is 12.6 Å². The normalized spacial score (nSPS) is 11.7. The van der Waals surface area contributed by atoms with Gasteiger partial charge in [-0.15, -0.1) is 0 Å². The second-order valence-corrected chi connectivity index (χ2v) is 8.13. The van der Waals surface area contributed by atoms with Crippen LogP contribution in [0.4, 0.5) is 11.6 Å². The minimum atomic E-state index is -1.20. The second kappa shape index (κ2) is 11.9. The second-order valence-electron chi connectivity index (χ2n) is 7.68. The van der Waals surface area contributed by atoms with Crippen molar-refractivity contribution in [2.45, 2.75) is 38.3 Å². The quantitative estimate of drug-likeness (QED) is 0.197. The average molecular weight is 500 g/mol. The standard InChI is InChI=1S/C22H25N7O5S/c23-22-28-18-17(20(32)29-22)26-14(11-25-18)10-24-13-5-3-12(4-6-13)19(31)27-16(21(33)34)8-7-15(30)2-1-9-35/h3-6,11,16,24,35H,1-2,7-10H2,(H,27,31)(H,33,34)(H3,23,25,28,29,32). The topological polar surface area (TPSA) is 193 Å². The summed E-state index contributed by atoms with van der Waals surface area (Å²) in [6, 6.07) is 5.21. The first-order valence-corrected chi connectivity index (χ1v) is 11.4. The average Bonchev–Trinajstić information content (AvgIpc) is 2.84. The number of anilines is 2. The number of hydrogen-bond acceptors (Lipinski definition) is 10. The molecule has 1 atom stereocenters. The van der Waals surface area contributed by atoms with E-state index in [0.29, 0.717) is 30.0 Å². The summed E-state index contributed by atoms with van der Waals surface area (Å²) in [7, 11) is 0. The van der Waals surface area contributed by atoms with E-state index in [4.69, 9.17) is 5.73 Å². The number of nitrogens with zero attached hydrogens (tertiary/aromatic N) is 3. The number of carboxylic acid groups (broad SMARTS) is 1. The van der Waals surface area contributed by atoms with Crippen molar-refractivity contribution in [1.82, 2.24) is 25.3 Å². The Bertz CT molecular complexity index is 1280. The van der Waals surface area contributed by atoms with Crippen molar-refractivity contribution in [3.8, 4) is 0 Å². The molecule has 13 heteroatoms. The Kier molecular flexibility index (Phi) is 8.73. The summed E-state index contributed by atoms with van der Waals surface area (Å²) in [5.41, 5.74) is 6.65. The summed E-state index contributed by atoms with van der Waals surface area (Å²) < 4.78 is 0. The number of benzene rings is 1. The van der Waals surface area contributed by atoms with Gasteiger partial charge in [0.1, 0.15) is 11.8 Å². The number of carbonyl (C=O) groups excluding carboxylic acids is 2. The van der Waals surface area contributed by atoms with Gasteiger partial charge in [0.2, 0.25) is 5.95 Å². The number of carbonyl (C=O) groups is 3. The summed E-state index contributed by atoms with van der Waals surface area (Å²) in [6.45, 7) is 0.251. The maximum Gasteiger partial charge on any atom is 0.326 e. The van der Waals surface area contributed by atoms with Crippen LogP contribution in [0.1, 0.15) is 41.7 Å². The molecule has 3 aromatic rings. The van der Waals surface area contributed by atoms with Gasteiger partial charge in [0.15, 0.2) is 11.2 Å². The fourth-order valence-electron chi connectivity index (χ4n) is 3.19. The number of ketones is 1. The smallest absolute Gasteiger partial charge is 0.326 e. The van der Waals surface area contributed by atoms with E-state index in [2.05, 4.69) is 43.2 Å². The van der Waals surface area contributed by atoms with Gasteiger partial charge in [-0.25, -0.2) is 14.8 Å². The predicted octanol–water partition coefficient (Wildman–Crippen LogP) is 1.15. The lowest BCUT2D eigenvalue weighted by molar-refractivity contribution is -0.139. The van der Waals surface area contributed by atoms with E-state index in [-0.39, 0.29) is 47.8 Å². The Morgan fingerprint density at radius 2 is 1.89 bits per heavy atom. The van der Waals surface area contributed by atoms with Gasteiger partial charge in [-0.2, -0.15) is 17.6 Å². The Balaban J connectivity index is 1.57. The highest BCUT2D eigenvalue weighted by molar-refractivity contribution is 7.80. The van der Waals surface area contributed by atoms with E-state index >= 15 is 0 Å². The number of aliphatic carboxylic acids is 1. The van der Waals surface area contributed by atoms with E-state index < -0.39 is 23.5 Å². The van der Waals surface area contributed by atoms with Crippen molar-refractivity contribution < 1.29 is 19.5 Å². The first kappa shape index (κ1) is 25.6. The Morgan fingerprint density at radius 1 is 1.14 bits per heavy atom. The van der Waals surface area contributed by atoms with Crippen molar-refractivity contribution >= 4 is 53.1 Å². The molecule has 0 bridgehead atoms. The van der Waals surface area contributed by atoms with Crippen LogP contribution in [0.3, 0.4) is 0 Å². The third kappa shape index (κ3) is 7.24. The van der Waals surface area contributed by atoms with Gasteiger partial charge < -0.3 is 21.5 Å². The lowest BCUT2D eigenvalue weighted by Crippen LogP contribution is -2.41. The molecule has 0 aliphatic rings. The van der Waals surface area contributed by atoms with Crippen LogP contribution in [0.2, 0.25) is 0 Å². The number of nitrogen functional groups attached to an aromatic ring is 1. The highest BCUT2D eigenvalue weighted by atomic mass is 32.1. The van der Waals surface area contributed by atoms with Gasteiger partial charge in [0.05, 0.1) is 18.4 Å². The molecule has 0 aliphatic heterocycles. The number of Topliss-reactive ketones (excluding diaryl/α,β-unsaturated/α-hetero) is 1. The molecule has 0 aliphatic carbocycles. The van der Waals surface area contributed by atoms with E-state index in [0.717, 1.165) is 0 Å². The highest BCUT2D eigenvalue weighted by Gasteiger charge is 2.21. The summed E-state index contributed by atoms with van der Waals surface area (Å²) in [4.78, 5) is 62.4. The predicted molar refractivity (Wildman–Crippen MR) is 132 cm³/mol. The largest absolute Gasteiger partial charge is 0.480 e. The molecular weight excluding hydrogens is 474 g/mol. The van der Waals surface area contributed by atoms with Crippen molar-refractivity contribution in [2.24, 2.45) is 0 Å². The Hall–Kier alpha value is -4.00. The Morgan fingerprint density at radius 3 is 2.57 bits per heavy atom. The van der Waals surface area contributed by atoms with Crippen molar-refractivity contribution in [3.63, 3.8) is 0 Å². The molecule has 35 heavy (non-hydrogen) atoms. The molecule has 0 saturated heterocycles. The number of nitrogens with one attached hydrogen (secondary N) is 3. The van der Waals surface area contributed by atoms with Gasteiger partial charge in [-0.05, 0) is 42.9 Å². The molecule has 1 aromatic carbocycles. The number of nitrogens with two attached hydrogens (primary N) is 1. The molecule has 1 unspecified atom stereocenters. The minimum Gasteiger partial charge on any atom is -0.480 e. The van der Waals surface area contributed by atoms with Gasteiger partial charge in [-0.1, -0.05) is 0 Å². The lowest BCUT2D eigenvalue weighted by Gasteiger charge is -2.14. The zero-order valence-electron chi connectivity index (χ0n) is 18.7. The maximum absolute atomic E-state index is 12.5. The number of hydrogen-bond donors (Lipinski definition) is 6. The molecule has 12 nitrogen and oxygen atoms in total. The van der Waals surface area contributed by atoms with E-state index in [1.54, 1.807) is 12.1 Å². The van der Waals surface area contributed by atoms with Gasteiger partial charge in [-0.3, -0.25) is 19.4 Å². The SMILES string of the molecule is Nc1nc2ncc(CNc3ccc(C(=O)NC(CCC(=O)CCCS)C(=O)O)cc3)nc2c(=O)[nH]1. The van der Waals surface area contributed by atoms with E-state index in [1.807, 2.05) is 0 Å². The summed E-state index contributed by atoms with van der Waals surface area (Å²) in [5.74, 6) is -1.28. The highest BCUT2D eigenvalue weighted by Crippen LogP contribution is 2.12. The van der Waals surface area contributed by atoms with Crippen LogP contribution in [-0.4, -0.2) is 54.5 Å². The molecule has 0 fully saturated rings. The van der Waals surface area contributed by atoms with Gasteiger partial charge >= 0.3 is 5.97 Å². The summed E-state index contributed by atoms with van der Waals surface area (Å²) in [5, 5.41) is 14.9. The van der Waals surface area contributed by atoms with Crippen molar-refractivity contribution in [1.29, 1.82) is 0 Å².